The topological polar surface area (TPSA) is 48.0 Å². The molecule has 2 fully saturated rings. The lowest BCUT2D eigenvalue weighted by Gasteiger charge is -2.37. The molecule has 1 amide bonds. The van der Waals surface area contributed by atoms with Crippen LogP contribution in [0, 0.1) is 20.8 Å². The van der Waals surface area contributed by atoms with Crippen LogP contribution in [0.2, 0.25) is 0 Å². The summed E-state index contributed by atoms with van der Waals surface area (Å²) in [6, 6.07) is 4.35. The average molecular weight is 391 g/mol. The molecule has 6 nitrogen and oxygen atoms in total. The number of piperazine rings is 1. The predicted octanol–water partition coefficient (Wildman–Crippen LogP) is 1.79. The van der Waals surface area contributed by atoms with E-state index in [2.05, 4.69) is 48.0 Å². The number of carbonyl (C=O) groups is 1. The Kier molecular flexibility index (Phi) is 6.68. The Hall–Kier alpha value is -1.70. The number of morpholine rings is 1. The Labute approximate surface area is 167 Å². The van der Waals surface area contributed by atoms with Crippen molar-refractivity contribution >= 4 is 28.9 Å². The Morgan fingerprint density at radius 3 is 2.26 bits per heavy atom. The summed E-state index contributed by atoms with van der Waals surface area (Å²) in [5.74, 6) is 0.207. The number of anilines is 1. The standard InChI is InChI=1S/C20H30N4O2S/c1-15-12-17(3)18(13-16(15)2)21-20(27)24-6-4-22(5-7-24)14-19(25)23-8-10-26-11-9-23/h12-13H,4-11,14H2,1-3H3,(H,21,27). The first kappa shape index (κ1) is 20.0. The van der Waals surface area contributed by atoms with Gasteiger partial charge in [0.05, 0.1) is 19.8 Å². The van der Waals surface area contributed by atoms with Gasteiger partial charge in [-0.25, -0.2) is 0 Å². The van der Waals surface area contributed by atoms with Crippen molar-refractivity contribution in [3.05, 3.63) is 28.8 Å². The molecule has 2 saturated heterocycles. The molecule has 148 valence electrons. The quantitative estimate of drug-likeness (QED) is 0.794. The molecule has 2 heterocycles. The van der Waals surface area contributed by atoms with Crippen LogP contribution >= 0.6 is 12.2 Å². The van der Waals surface area contributed by atoms with Crippen LogP contribution in [-0.2, 0) is 9.53 Å². The van der Waals surface area contributed by atoms with Gasteiger partial charge in [0, 0.05) is 45.0 Å². The molecular weight excluding hydrogens is 360 g/mol. The van der Waals surface area contributed by atoms with E-state index in [-0.39, 0.29) is 5.91 Å². The van der Waals surface area contributed by atoms with E-state index >= 15 is 0 Å². The summed E-state index contributed by atoms with van der Waals surface area (Å²) < 4.78 is 5.32. The Balaban J connectivity index is 1.48. The summed E-state index contributed by atoms with van der Waals surface area (Å²) in [6.07, 6.45) is 0. The molecule has 0 spiro atoms. The maximum atomic E-state index is 12.4. The molecule has 0 unspecified atom stereocenters. The summed E-state index contributed by atoms with van der Waals surface area (Å²) in [6.45, 7) is 12.9. The molecule has 2 aliphatic heterocycles. The molecule has 2 aliphatic rings. The molecule has 7 heteroatoms. The zero-order valence-electron chi connectivity index (χ0n) is 16.6. The third kappa shape index (κ3) is 5.18. The van der Waals surface area contributed by atoms with E-state index < -0.39 is 0 Å². The lowest BCUT2D eigenvalue weighted by atomic mass is 10.1. The Bertz CT molecular complexity index is 695. The molecule has 0 aromatic heterocycles. The van der Waals surface area contributed by atoms with Crippen molar-refractivity contribution in [2.24, 2.45) is 0 Å². The van der Waals surface area contributed by atoms with Gasteiger partial charge in [0.15, 0.2) is 5.11 Å². The molecule has 1 aromatic carbocycles. The van der Waals surface area contributed by atoms with Gasteiger partial charge in [-0.2, -0.15) is 0 Å². The largest absolute Gasteiger partial charge is 0.378 e. The predicted molar refractivity (Wildman–Crippen MR) is 112 cm³/mol. The van der Waals surface area contributed by atoms with Crippen molar-refractivity contribution in [2.45, 2.75) is 20.8 Å². The number of hydrogen-bond donors (Lipinski definition) is 1. The molecule has 0 saturated carbocycles. The fourth-order valence-corrected chi connectivity index (χ4v) is 3.80. The molecule has 0 aliphatic carbocycles. The Morgan fingerprint density at radius 1 is 0.963 bits per heavy atom. The number of rotatable bonds is 3. The molecular formula is C20H30N4O2S. The highest BCUT2D eigenvalue weighted by Crippen LogP contribution is 2.20. The molecule has 3 rings (SSSR count). The van der Waals surface area contributed by atoms with Gasteiger partial charge < -0.3 is 19.9 Å². The number of carbonyl (C=O) groups excluding carboxylic acids is 1. The van der Waals surface area contributed by atoms with Crippen molar-refractivity contribution in [1.29, 1.82) is 0 Å². The van der Waals surface area contributed by atoms with Gasteiger partial charge in [0.1, 0.15) is 0 Å². The second-order valence-electron chi connectivity index (χ2n) is 7.44. The van der Waals surface area contributed by atoms with Crippen LogP contribution in [0.25, 0.3) is 0 Å². The van der Waals surface area contributed by atoms with Crippen molar-refractivity contribution < 1.29 is 9.53 Å². The van der Waals surface area contributed by atoms with Crippen LogP contribution in [-0.4, -0.2) is 84.7 Å². The van der Waals surface area contributed by atoms with Crippen LogP contribution in [0.5, 0.6) is 0 Å². The smallest absolute Gasteiger partial charge is 0.236 e. The van der Waals surface area contributed by atoms with Gasteiger partial charge in [-0.05, 0) is 55.7 Å². The SMILES string of the molecule is Cc1cc(C)c(NC(=S)N2CCN(CC(=O)N3CCOCC3)CC2)cc1C. The van der Waals surface area contributed by atoms with Crippen LogP contribution < -0.4 is 5.32 Å². The maximum absolute atomic E-state index is 12.4. The monoisotopic (exact) mass is 390 g/mol. The first-order valence-electron chi connectivity index (χ1n) is 9.65. The third-order valence-electron chi connectivity index (χ3n) is 5.46. The van der Waals surface area contributed by atoms with Gasteiger partial charge in [-0.1, -0.05) is 6.07 Å². The van der Waals surface area contributed by atoms with E-state index in [0.717, 1.165) is 37.0 Å². The van der Waals surface area contributed by atoms with Gasteiger partial charge in [0.25, 0.3) is 0 Å². The third-order valence-corrected chi connectivity index (χ3v) is 5.82. The Morgan fingerprint density at radius 2 is 1.59 bits per heavy atom. The number of nitrogens with one attached hydrogen (secondary N) is 1. The van der Waals surface area contributed by atoms with Gasteiger partial charge in [-0.15, -0.1) is 0 Å². The average Bonchev–Trinajstić information content (AvgIpc) is 2.67. The second kappa shape index (κ2) is 8.99. The number of ether oxygens (including phenoxy) is 1. The van der Waals surface area contributed by atoms with Gasteiger partial charge in [-0.3, -0.25) is 9.69 Å². The highest BCUT2D eigenvalue weighted by molar-refractivity contribution is 7.80. The highest BCUT2D eigenvalue weighted by Gasteiger charge is 2.24. The van der Waals surface area contributed by atoms with Gasteiger partial charge in [0.2, 0.25) is 5.91 Å². The minimum Gasteiger partial charge on any atom is -0.378 e. The lowest BCUT2D eigenvalue weighted by molar-refractivity contribution is -0.136. The number of hydrogen-bond acceptors (Lipinski definition) is 4. The molecule has 0 radical (unpaired) electrons. The lowest BCUT2D eigenvalue weighted by Crippen LogP contribution is -2.53. The number of aryl methyl sites for hydroxylation is 3. The van der Waals surface area contributed by atoms with Crippen LogP contribution in [0.1, 0.15) is 16.7 Å². The zero-order valence-corrected chi connectivity index (χ0v) is 17.4. The summed E-state index contributed by atoms with van der Waals surface area (Å²) in [5, 5.41) is 4.17. The second-order valence-corrected chi connectivity index (χ2v) is 7.82. The van der Waals surface area contributed by atoms with Crippen molar-refractivity contribution in [3.8, 4) is 0 Å². The van der Waals surface area contributed by atoms with Crippen molar-refractivity contribution in [3.63, 3.8) is 0 Å². The van der Waals surface area contributed by atoms with E-state index in [1.807, 2.05) is 4.90 Å². The van der Waals surface area contributed by atoms with E-state index in [4.69, 9.17) is 17.0 Å². The molecule has 27 heavy (non-hydrogen) atoms. The number of thiocarbonyl (C=S) groups is 1. The van der Waals surface area contributed by atoms with E-state index in [1.54, 1.807) is 0 Å². The first-order valence-corrected chi connectivity index (χ1v) is 10.1. The maximum Gasteiger partial charge on any atom is 0.236 e. The molecule has 0 atom stereocenters. The van der Waals surface area contributed by atoms with Crippen LogP contribution in [0.4, 0.5) is 5.69 Å². The summed E-state index contributed by atoms with van der Waals surface area (Å²) in [4.78, 5) is 18.7. The molecule has 1 N–H and O–H groups in total. The zero-order chi connectivity index (χ0) is 19.4. The molecule has 1 aromatic rings. The molecule has 0 bridgehead atoms. The minimum atomic E-state index is 0.207. The first-order chi connectivity index (χ1) is 12.9. The van der Waals surface area contributed by atoms with Crippen LogP contribution in [0.3, 0.4) is 0 Å². The van der Waals surface area contributed by atoms with Crippen molar-refractivity contribution in [2.75, 3.05) is 64.3 Å². The highest BCUT2D eigenvalue weighted by atomic mass is 32.1. The number of benzene rings is 1. The van der Waals surface area contributed by atoms with Crippen molar-refractivity contribution in [1.82, 2.24) is 14.7 Å². The van der Waals surface area contributed by atoms with E-state index in [1.165, 1.54) is 16.7 Å². The fourth-order valence-electron chi connectivity index (χ4n) is 3.50. The van der Waals surface area contributed by atoms with E-state index in [9.17, 15) is 4.79 Å². The van der Waals surface area contributed by atoms with Gasteiger partial charge >= 0.3 is 0 Å². The minimum absolute atomic E-state index is 0.207. The summed E-state index contributed by atoms with van der Waals surface area (Å²) in [7, 11) is 0. The number of amides is 1. The fraction of sp³-hybridized carbons (Fsp3) is 0.600. The van der Waals surface area contributed by atoms with E-state index in [0.29, 0.717) is 32.8 Å². The number of nitrogens with zero attached hydrogens (tertiary/aromatic N) is 3. The normalized spacial score (nSPS) is 18.5. The van der Waals surface area contributed by atoms with Crippen LogP contribution in [0.15, 0.2) is 12.1 Å². The summed E-state index contributed by atoms with van der Waals surface area (Å²) >= 11 is 5.63. The summed E-state index contributed by atoms with van der Waals surface area (Å²) in [5.41, 5.74) is 4.84.